The van der Waals surface area contributed by atoms with Gasteiger partial charge in [-0.1, -0.05) is 12.1 Å². The number of sulfone groups is 1. The molecule has 2 aromatic rings. The second kappa shape index (κ2) is 8.57. The Bertz CT molecular complexity index is 920. The first-order valence-corrected chi connectivity index (χ1v) is 13.2. The number of benzene rings is 1. The van der Waals surface area contributed by atoms with E-state index in [1.807, 2.05) is 29.2 Å². The van der Waals surface area contributed by atoms with Crippen molar-refractivity contribution >= 4 is 38.8 Å². The Morgan fingerprint density at radius 3 is 2.61 bits per heavy atom. The first-order valence-electron chi connectivity index (χ1n) is 9.48. The van der Waals surface area contributed by atoms with Crippen molar-refractivity contribution in [2.75, 3.05) is 37.7 Å². The molecule has 3 heterocycles. The maximum Gasteiger partial charge on any atom is 0.255 e. The van der Waals surface area contributed by atoms with Gasteiger partial charge < -0.3 is 4.90 Å². The van der Waals surface area contributed by atoms with Crippen molar-refractivity contribution in [3.8, 4) is 0 Å². The fourth-order valence-electron chi connectivity index (χ4n) is 3.83. The minimum Gasteiger partial charge on any atom is -0.336 e. The topological polar surface area (TPSA) is 57.7 Å². The second-order valence-electron chi connectivity index (χ2n) is 7.30. The third kappa shape index (κ3) is 4.62. The van der Waals surface area contributed by atoms with Gasteiger partial charge in [0, 0.05) is 42.9 Å². The van der Waals surface area contributed by atoms with E-state index in [4.69, 9.17) is 0 Å². The van der Waals surface area contributed by atoms with Crippen LogP contribution in [0.4, 0.5) is 0 Å². The molecule has 4 rings (SSSR count). The van der Waals surface area contributed by atoms with Gasteiger partial charge in [0.05, 0.1) is 17.1 Å². The molecule has 0 saturated carbocycles. The van der Waals surface area contributed by atoms with Gasteiger partial charge >= 0.3 is 0 Å². The second-order valence-corrected chi connectivity index (χ2v) is 11.3. The Morgan fingerprint density at radius 1 is 1.14 bits per heavy atom. The molecule has 0 N–H and O–H groups in total. The van der Waals surface area contributed by atoms with E-state index in [9.17, 15) is 13.2 Å². The molecule has 0 aliphatic carbocycles. The summed E-state index contributed by atoms with van der Waals surface area (Å²) in [6.45, 7) is 2.80. The monoisotopic (exact) mass is 436 g/mol. The van der Waals surface area contributed by atoms with Crippen LogP contribution in [0.1, 0.15) is 22.3 Å². The summed E-state index contributed by atoms with van der Waals surface area (Å²) in [6, 6.07) is 10.1. The lowest BCUT2D eigenvalue weighted by Crippen LogP contribution is -2.52. The Hall–Kier alpha value is -1.35. The van der Waals surface area contributed by atoms with Gasteiger partial charge in [0.2, 0.25) is 0 Å². The molecular weight excluding hydrogens is 412 g/mol. The molecule has 0 bridgehead atoms. The molecule has 0 unspecified atom stereocenters. The standard InChI is InChI=1S/C20H24N2O3S3/c23-20(18-3-1-2-4-19(18)27-14-16-5-11-26-13-16)22-9-7-21(8-10-22)17-6-12-28(24,25)15-17/h1-5,11,13,17H,6-10,12,14-15H2/t17-/m1/s1. The highest BCUT2D eigenvalue weighted by Gasteiger charge is 2.34. The number of piperazine rings is 1. The zero-order chi connectivity index (χ0) is 19.6. The number of hydrogen-bond donors (Lipinski definition) is 0. The molecule has 150 valence electrons. The van der Waals surface area contributed by atoms with E-state index < -0.39 is 9.84 Å². The van der Waals surface area contributed by atoms with Crippen LogP contribution in [-0.4, -0.2) is 67.9 Å². The highest BCUT2D eigenvalue weighted by Crippen LogP contribution is 2.28. The first kappa shape index (κ1) is 19.9. The molecule has 0 spiro atoms. The van der Waals surface area contributed by atoms with Crippen molar-refractivity contribution in [2.45, 2.75) is 23.1 Å². The van der Waals surface area contributed by atoms with E-state index in [2.05, 4.69) is 21.7 Å². The molecule has 8 heteroatoms. The molecule has 2 saturated heterocycles. The van der Waals surface area contributed by atoms with Crippen LogP contribution < -0.4 is 0 Å². The van der Waals surface area contributed by atoms with Crippen LogP contribution in [0.25, 0.3) is 0 Å². The van der Waals surface area contributed by atoms with Crippen molar-refractivity contribution in [1.29, 1.82) is 0 Å². The molecular formula is C20H24N2O3S3. The minimum absolute atomic E-state index is 0.0760. The quantitative estimate of drug-likeness (QED) is 0.675. The fraction of sp³-hybridized carbons (Fsp3) is 0.450. The third-order valence-corrected chi connectivity index (χ3v) is 9.05. The van der Waals surface area contributed by atoms with Crippen molar-refractivity contribution in [1.82, 2.24) is 9.80 Å². The summed E-state index contributed by atoms with van der Waals surface area (Å²) in [5, 5.41) is 4.21. The lowest BCUT2D eigenvalue weighted by atomic mass is 10.1. The number of rotatable bonds is 5. The van der Waals surface area contributed by atoms with Gasteiger partial charge in [0.15, 0.2) is 9.84 Å². The molecule has 0 radical (unpaired) electrons. The minimum atomic E-state index is -2.87. The van der Waals surface area contributed by atoms with E-state index in [1.165, 1.54) is 5.56 Å². The summed E-state index contributed by atoms with van der Waals surface area (Å²) in [7, 11) is -2.87. The first-order chi connectivity index (χ1) is 13.5. The largest absolute Gasteiger partial charge is 0.336 e. The molecule has 2 aliphatic heterocycles. The van der Waals surface area contributed by atoms with E-state index in [1.54, 1.807) is 23.1 Å². The number of carbonyl (C=O) groups is 1. The number of hydrogen-bond acceptors (Lipinski definition) is 6. The molecule has 1 amide bonds. The highest BCUT2D eigenvalue weighted by atomic mass is 32.2. The van der Waals surface area contributed by atoms with Gasteiger partial charge in [-0.2, -0.15) is 11.3 Å². The Labute approximate surface area is 174 Å². The molecule has 1 aromatic heterocycles. The lowest BCUT2D eigenvalue weighted by molar-refractivity contribution is 0.0584. The summed E-state index contributed by atoms with van der Waals surface area (Å²) in [6.07, 6.45) is 0.721. The Morgan fingerprint density at radius 2 is 1.93 bits per heavy atom. The number of amides is 1. The zero-order valence-electron chi connectivity index (χ0n) is 15.6. The molecule has 5 nitrogen and oxygen atoms in total. The van der Waals surface area contributed by atoms with Crippen LogP contribution in [0.5, 0.6) is 0 Å². The van der Waals surface area contributed by atoms with Gasteiger partial charge in [0.25, 0.3) is 5.91 Å². The molecule has 1 atom stereocenters. The SMILES string of the molecule is O=C(c1ccccc1SCc1ccsc1)N1CCN([C@@H]2CCS(=O)(=O)C2)CC1. The average Bonchev–Trinajstić information content (AvgIpc) is 3.35. The van der Waals surface area contributed by atoms with Gasteiger partial charge in [-0.05, 0) is 40.9 Å². The number of nitrogens with zero attached hydrogens (tertiary/aromatic N) is 2. The number of thiophene rings is 1. The van der Waals surface area contributed by atoms with Crippen molar-refractivity contribution in [2.24, 2.45) is 0 Å². The van der Waals surface area contributed by atoms with Crippen LogP contribution in [0, 0.1) is 0 Å². The van der Waals surface area contributed by atoms with E-state index in [-0.39, 0.29) is 17.7 Å². The normalized spacial score (nSPS) is 22.4. The maximum absolute atomic E-state index is 13.1. The predicted molar refractivity (Wildman–Crippen MR) is 115 cm³/mol. The van der Waals surface area contributed by atoms with Crippen LogP contribution in [0.15, 0.2) is 46.0 Å². The Balaban J connectivity index is 1.37. The molecule has 2 fully saturated rings. The average molecular weight is 437 g/mol. The van der Waals surface area contributed by atoms with Crippen molar-refractivity contribution < 1.29 is 13.2 Å². The lowest BCUT2D eigenvalue weighted by Gasteiger charge is -2.37. The van der Waals surface area contributed by atoms with Gasteiger partial charge in [-0.3, -0.25) is 9.69 Å². The number of thioether (sulfide) groups is 1. The molecule has 2 aliphatic rings. The van der Waals surface area contributed by atoms with Crippen molar-refractivity contribution in [3.63, 3.8) is 0 Å². The molecule has 28 heavy (non-hydrogen) atoms. The Kier molecular flexibility index (Phi) is 6.10. The van der Waals surface area contributed by atoms with Gasteiger partial charge in [-0.25, -0.2) is 8.42 Å². The summed E-state index contributed by atoms with van der Waals surface area (Å²) in [5.41, 5.74) is 2.04. The van der Waals surface area contributed by atoms with Crippen LogP contribution in [0.3, 0.4) is 0 Å². The van der Waals surface area contributed by atoms with Crippen molar-refractivity contribution in [3.05, 3.63) is 52.2 Å². The number of carbonyl (C=O) groups excluding carboxylic acids is 1. The smallest absolute Gasteiger partial charge is 0.255 e. The van der Waals surface area contributed by atoms with Gasteiger partial charge in [-0.15, -0.1) is 11.8 Å². The van der Waals surface area contributed by atoms with E-state index in [0.717, 1.165) is 35.7 Å². The van der Waals surface area contributed by atoms with E-state index in [0.29, 0.717) is 18.8 Å². The van der Waals surface area contributed by atoms with Crippen LogP contribution in [0.2, 0.25) is 0 Å². The summed E-state index contributed by atoms with van der Waals surface area (Å²) in [4.78, 5) is 18.3. The zero-order valence-corrected chi connectivity index (χ0v) is 18.1. The van der Waals surface area contributed by atoms with Crippen LogP contribution >= 0.6 is 23.1 Å². The van der Waals surface area contributed by atoms with Gasteiger partial charge in [0.1, 0.15) is 0 Å². The summed E-state index contributed by atoms with van der Waals surface area (Å²) >= 11 is 3.39. The third-order valence-electron chi connectivity index (χ3n) is 5.42. The summed E-state index contributed by atoms with van der Waals surface area (Å²) < 4.78 is 23.5. The van der Waals surface area contributed by atoms with E-state index >= 15 is 0 Å². The highest BCUT2D eigenvalue weighted by molar-refractivity contribution is 7.98. The maximum atomic E-state index is 13.1. The molecule has 1 aromatic carbocycles. The summed E-state index contributed by atoms with van der Waals surface area (Å²) in [5.74, 6) is 1.50. The predicted octanol–water partition coefficient (Wildman–Crippen LogP) is 2.99. The van der Waals surface area contributed by atoms with Crippen LogP contribution in [-0.2, 0) is 15.6 Å². The fourth-order valence-corrected chi connectivity index (χ4v) is 7.35.